The van der Waals surface area contributed by atoms with Crippen molar-refractivity contribution in [3.8, 4) is 12.1 Å². The van der Waals surface area contributed by atoms with E-state index in [0.29, 0.717) is 22.7 Å². The van der Waals surface area contributed by atoms with E-state index in [4.69, 9.17) is 22.1 Å². The van der Waals surface area contributed by atoms with E-state index in [0.717, 1.165) is 23.6 Å². The number of anilines is 1. The number of rotatable bonds is 4. The molecule has 106 valence electrons. The second-order valence-corrected chi connectivity index (χ2v) is 4.88. The summed E-state index contributed by atoms with van der Waals surface area (Å²) in [4.78, 5) is 0. The smallest absolute Gasteiger partial charge is 0.101 e. The van der Waals surface area contributed by atoms with Crippen LogP contribution in [0, 0.1) is 29.6 Å². The predicted octanol–water partition coefficient (Wildman–Crippen LogP) is 3.22. The van der Waals surface area contributed by atoms with Crippen LogP contribution in [0.15, 0.2) is 18.2 Å². The van der Waals surface area contributed by atoms with Crippen molar-refractivity contribution in [2.75, 3.05) is 5.32 Å². The number of aryl methyl sites for hydroxylation is 2. The van der Waals surface area contributed by atoms with Crippen molar-refractivity contribution in [2.45, 2.75) is 26.9 Å². The minimum Gasteiger partial charge on any atom is -0.379 e. The molecule has 0 amide bonds. The fraction of sp³-hybridized carbons (Fsp3) is 0.267. The van der Waals surface area contributed by atoms with Gasteiger partial charge in [0, 0.05) is 12.2 Å². The maximum Gasteiger partial charge on any atom is 0.101 e. The number of aromatic nitrogens is 2. The number of benzene rings is 1. The van der Waals surface area contributed by atoms with Gasteiger partial charge in [-0.1, -0.05) is 11.6 Å². The zero-order chi connectivity index (χ0) is 15.4. The van der Waals surface area contributed by atoms with E-state index in [-0.39, 0.29) is 0 Å². The molecule has 5 nitrogen and oxygen atoms in total. The Kier molecular flexibility index (Phi) is 4.47. The van der Waals surface area contributed by atoms with Crippen LogP contribution in [0.1, 0.15) is 29.4 Å². The fourth-order valence-electron chi connectivity index (χ4n) is 2.07. The molecule has 21 heavy (non-hydrogen) atoms. The van der Waals surface area contributed by atoms with Crippen molar-refractivity contribution in [3.63, 3.8) is 0 Å². The van der Waals surface area contributed by atoms with E-state index in [1.54, 1.807) is 18.2 Å². The number of nitrogens with zero attached hydrogens (tertiary/aromatic N) is 4. The Morgan fingerprint density at radius 3 is 2.62 bits per heavy atom. The van der Waals surface area contributed by atoms with Crippen LogP contribution in [0.3, 0.4) is 0 Å². The van der Waals surface area contributed by atoms with Gasteiger partial charge in [0.15, 0.2) is 0 Å². The monoisotopic (exact) mass is 299 g/mol. The molecule has 0 aliphatic rings. The summed E-state index contributed by atoms with van der Waals surface area (Å²) < 4.78 is 1.85. The van der Waals surface area contributed by atoms with Gasteiger partial charge in [0.1, 0.15) is 12.1 Å². The van der Waals surface area contributed by atoms with Crippen molar-refractivity contribution in [2.24, 2.45) is 0 Å². The summed E-state index contributed by atoms with van der Waals surface area (Å²) in [5.41, 5.74) is 3.19. The number of hydrogen-bond donors (Lipinski definition) is 1. The number of hydrogen-bond acceptors (Lipinski definition) is 4. The molecule has 0 atom stereocenters. The van der Waals surface area contributed by atoms with Gasteiger partial charge in [0.2, 0.25) is 0 Å². The molecule has 0 unspecified atom stereocenters. The Balaban J connectivity index is 2.22. The first-order valence-electron chi connectivity index (χ1n) is 6.50. The maximum atomic E-state index is 9.02. The molecule has 1 aromatic carbocycles. The van der Waals surface area contributed by atoms with E-state index in [1.807, 2.05) is 30.7 Å². The standard InChI is InChI=1S/C15H14ClN5/c1-3-21-14(15(16)10(2)20-21)9-19-13-5-4-11(7-17)12(6-13)8-18/h4-6,19H,3,9H2,1-2H3. The highest BCUT2D eigenvalue weighted by Crippen LogP contribution is 2.22. The third-order valence-corrected chi connectivity index (χ3v) is 3.66. The Labute approximate surface area is 128 Å². The third kappa shape index (κ3) is 2.99. The molecular weight excluding hydrogens is 286 g/mol. The maximum absolute atomic E-state index is 9.02. The summed E-state index contributed by atoms with van der Waals surface area (Å²) in [6.45, 7) is 5.11. The lowest BCUT2D eigenvalue weighted by Crippen LogP contribution is -2.08. The first kappa shape index (κ1) is 14.9. The Hall–Kier alpha value is -2.50. The molecule has 0 radical (unpaired) electrons. The fourth-order valence-corrected chi connectivity index (χ4v) is 2.27. The highest BCUT2D eigenvalue weighted by atomic mass is 35.5. The molecule has 1 N–H and O–H groups in total. The van der Waals surface area contributed by atoms with Gasteiger partial charge >= 0.3 is 0 Å². The normalized spacial score (nSPS) is 9.95. The van der Waals surface area contributed by atoms with Crippen LogP contribution in [0.4, 0.5) is 5.69 Å². The minimum atomic E-state index is 0.355. The second-order valence-electron chi connectivity index (χ2n) is 4.50. The van der Waals surface area contributed by atoms with Crippen LogP contribution < -0.4 is 5.32 Å². The van der Waals surface area contributed by atoms with Crippen LogP contribution in [0.5, 0.6) is 0 Å². The van der Waals surface area contributed by atoms with Crippen LogP contribution in [-0.4, -0.2) is 9.78 Å². The zero-order valence-electron chi connectivity index (χ0n) is 11.8. The largest absolute Gasteiger partial charge is 0.379 e. The number of nitrogens with one attached hydrogen (secondary N) is 1. The van der Waals surface area contributed by atoms with Gasteiger partial charge in [-0.05, 0) is 32.0 Å². The molecule has 1 heterocycles. The molecule has 0 saturated carbocycles. The molecule has 0 aliphatic carbocycles. The predicted molar refractivity (Wildman–Crippen MR) is 80.8 cm³/mol. The Morgan fingerprint density at radius 1 is 1.29 bits per heavy atom. The average molecular weight is 300 g/mol. The molecule has 2 aromatic rings. The summed E-state index contributed by atoms with van der Waals surface area (Å²) in [6, 6.07) is 9.07. The van der Waals surface area contributed by atoms with Crippen molar-refractivity contribution < 1.29 is 0 Å². The minimum absolute atomic E-state index is 0.355. The van der Waals surface area contributed by atoms with Crippen molar-refractivity contribution >= 4 is 17.3 Å². The molecule has 1 aromatic heterocycles. The molecule has 2 rings (SSSR count). The lowest BCUT2D eigenvalue weighted by atomic mass is 10.1. The highest BCUT2D eigenvalue weighted by molar-refractivity contribution is 6.31. The van der Waals surface area contributed by atoms with Gasteiger partial charge in [-0.3, -0.25) is 4.68 Å². The van der Waals surface area contributed by atoms with E-state index < -0.39 is 0 Å². The van der Waals surface area contributed by atoms with Gasteiger partial charge in [-0.2, -0.15) is 15.6 Å². The molecule has 0 aliphatic heterocycles. The van der Waals surface area contributed by atoms with Gasteiger partial charge in [-0.15, -0.1) is 0 Å². The molecule has 6 heteroatoms. The van der Waals surface area contributed by atoms with Crippen molar-refractivity contribution in [3.05, 3.63) is 45.7 Å². The SMILES string of the molecule is CCn1nc(C)c(Cl)c1CNc1ccc(C#N)c(C#N)c1. The third-order valence-electron chi connectivity index (χ3n) is 3.17. The topological polar surface area (TPSA) is 77.4 Å². The van der Waals surface area contributed by atoms with Crippen molar-refractivity contribution in [1.29, 1.82) is 10.5 Å². The summed E-state index contributed by atoms with van der Waals surface area (Å²) in [5, 5.41) is 26.1. The van der Waals surface area contributed by atoms with Gasteiger partial charge < -0.3 is 5.32 Å². The van der Waals surface area contributed by atoms with E-state index in [9.17, 15) is 0 Å². The van der Waals surface area contributed by atoms with Crippen LogP contribution >= 0.6 is 11.6 Å². The van der Waals surface area contributed by atoms with E-state index in [1.165, 1.54) is 0 Å². The molecule has 0 spiro atoms. The average Bonchev–Trinajstić information content (AvgIpc) is 2.79. The Morgan fingerprint density at radius 2 is 2.00 bits per heavy atom. The number of nitriles is 2. The zero-order valence-corrected chi connectivity index (χ0v) is 12.6. The highest BCUT2D eigenvalue weighted by Gasteiger charge is 2.12. The molecular formula is C15H14ClN5. The quantitative estimate of drug-likeness (QED) is 0.940. The lowest BCUT2D eigenvalue weighted by Gasteiger charge is -2.09. The molecule has 0 bridgehead atoms. The van der Waals surface area contributed by atoms with Gasteiger partial charge in [0.05, 0.1) is 34.1 Å². The van der Waals surface area contributed by atoms with Crippen molar-refractivity contribution in [1.82, 2.24) is 9.78 Å². The van der Waals surface area contributed by atoms with E-state index >= 15 is 0 Å². The van der Waals surface area contributed by atoms with Crippen LogP contribution in [-0.2, 0) is 13.1 Å². The summed E-state index contributed by atoms with van der Waals surface area (Å²) >= 11 is 6.25. The molecule has 0 saturated heterocycles. The summed E-state index contributed by atoms with van der Waals surface area (Å²) in [6.07, 6.45) is 0. The lowest BCUT2D eigenvalue weighted by molar-refractivity contribution is 0.623. The number of halogens is 1. The first-order chi connectivity index (χ1) is 10.1. The van der Waals surface area contributed by atoms with Crippen LogP contribution in [0.25, 0.3) is 0 Å². The van der Waals surface area contributed by atoms with E-state index in [2.05, 4.69) is 10.4 Å². The Bertz CT molecular complexity index is 749. The van der Waals surface area contributed by atoms with Gasteiger partial charge in [0.25, 0.3) is 0 Å². The molecule has 0 fully saturated rings. The van der Waals surface area contributed by atoms with Crippen LogP contribution in [0.2, 0.25) is 5.02 Å². The first-order valence-corrected chi connectivity index (χ1v) is 6.88. The summed E-state index contributed by atoms with van der Waals surface area (Å²) in [7, 11) is 0. The summed E-state index contributed by atoms with van der Waals surface area (Å²) in [5.74, 6) is 0. The van der Waals surface area contributed by atoms with Gasteiger partial charge in [-0.25, -0.2) is 0 Å². The second kappa shape index (κ2) is 6.30.